The SMILES string of the molecule is C=CC(=O)N(C)CCCCOc1ccc(-c2ccc(C3CCC(CCCCC)CC3)cc2)cc1F. The molecule has 35 heavy (non-hydrogen) atoms. The molecule has 3 nitrogen and oxygen atoms in total. The number of carbonyl (C=O) groups is 1. The first kappa shape index (κ1) is 27.0. The molecule has 3 rings (SSSR count). The van der Waals surface area contributed by atoms with Crippen molar-refractivity contribution in [3.05, 3.63) is 66.5 Å². The Kier molecular flexibility index (Phi) is 10.8. The molecule has 0 radical (unpaired) electrons. The van der Waals surface area contributed by atoms with Crippen LogP contribution in [0.15, 0.2) is 55.1 Å². The molecule has 0 N–H and O–H groups in total. The van der Waals surface area contributed by atoms with E-state index in [1.165, 1.54) is 63.0 Å². The van der Waals surface area contributed by atoms with E-state index >= 15 is 0 Å². The average molecular weight is 480 g/mol. The summed E-state index contributed by atoms with van der Waals surface area (Å²) >= 11 is 0. The van der Waals surface area contributed by atoms with Gasteiger partial charge < -0.3 is 9.64 Å². The summed E-state index contributed by atoms with van der Waals surface area (Å²) < 4.78 is 20.3. The van der Waals surface area contributed by atoms with Crippen molar-refractivity contribution < 1.29 is 13.9 Å². The molecule has 0 bridgehead atoms. The van der Waals surface area contributed by atoms with Gasteiger partial charge in [-0.3, -0.25) is 4.79 Å². The average Bonchev–Trinajstić information content (AvgIpc) is 2.89. The molecule has 1 aliphatic carbocycles. The lowest BCUT2D eigenvalue weighted by molar-refractivity contribution is -0.124. The Labute approximate surface area is 211 Å². The summed E-state index contributed by atoms with van der Waals surface area (Å²) in [5, 5.41) is 0. The van der Waals surface area contributed by atoms with Crippen LogP contribution in [0.4, 0.5) is 4.39 Å². The maximum absolute atomic E-state index is 14.7. The van der Waals surface area contributed by atoms with Gasteiger partial charge in [0.15, 0.2) is 11.6 Å². The number of ether oxygens (including phenoxy) is 1. The van der Waals surface area contributed by atoms with Crippen LogP contribution in [-0.2, 0) is 4.79 Å². The van der Waals surface area contributed by atoms with Crippen LogP contribution in [0, 0.1) is 11.7 Å². The van der Waals surface area contributed by atoms with Gasteiger partial charge in [-0.2, -0.15) is 0 Å². The lowest BCUT2D eigenvalue weighted by atomic mass is 9.77. The van der Waals surface area contributed by atoms with Crippen LogP contribution in [0.3, 0.4) is 0 Å². The van der Waals surface area contributed by atoms with Crippen molar-refractivity contribution in [2.45, 2.75) is 77.0 Å². The molecule has 1 amide bonds. The van der Waals surface area contributed by atoms with E-state index in [1.54, 1.807) is 24.1 Å². The number of amides is 1. The number of halogens is 1. The monoisotopic (exact) mass is 479 g/mol. The first-order valence-electron chi connectivity index (χ1n) is 13.4. The number of hydrogen-bond donors (Lipinski definition) is 0. The zero-order chi connectivity index (χ0) is 25.0. The van der Waals surface area contributed by atoms with Crippen LogP contribution in [-0.4, -0.2) is 31.0 Å². The third-order valence-corrected chi connectivity index (χ3v) is 7.41. The van der Waals surface area contributed by atoms with E-state index in [1.807, 2.05) is 6.07 Å². The Morgan fingerprint density at radius 3 is 2.40 bits per heavy atom. The fourth-order valence-corrected chi connectivity index (χ4v) is 5.11. The number of hydrogen-bond acceptors (Lipinski definition) is 2. The topological polar surface area (TPSA) is 29.5 Å². The molecule has 0 aliphatic heterocycles. The summed E-state index contributed by atoms with van der Waals surface area (Å²) in [7, 11) is 1.75. The zero-order valence-corrected chi connectivity index (χ0v) is 21.6. The summed E-state index contributed by atoms with van der Waals surface area (Å²) in [6.45, 7) is 6.81. The van der Waals surface area contributed by atoms with Gasteiger partial charge in [0.2, 0.25) is 5.91 Å². The van der Waals surface area contributed by atoms with Gasteiger partial charge in [-0.15, -0.1) is 0 Å². The smallest absolute Gasteiger partial charge is 0.245 e. The van der Waals surface area contributed by atoms with E-state index in [0.717, 1.165) is 29.9 Å². The number of nitrogens with zero attached hydrogens (tertiary/aromatic N) is 1. The van der Waals surface area contributed by atoms with Crippen LogP contribution in [0.1, 0.15) is 82.6 Å². The highest BCUT2D eigenvalue weighted by molar-refractivity contribution is 5.86. The second kappa shape index (κ2) is 14.1. The van der Waals surface area contributed by atoms with E-state index < -0.39 is 0 Å². The third-order valence-electron chi connectivity index (χ3n) is 7.41. The first-order valence-corrected chi connectivity index (χ1v) is 13.4. The Hall–Kier alpha value is -2.62. The second-order valence-corrected chi connectivity index (χ2v) is 10.0. The third kappa shape index (κ3) is 8.23. The van der Waals surface area contributed by atoms with Crippen molar-refractivity contribution in [3.8, 4) is 16.9 Å². The van der Waals surface area contributed by atoms with Gasteiger partial charge in [-0.05, 0) is 85.3 Å². The largest absolute Gasteiger partial charge is 0.491 e. The summed E-state index contributed by atoms with van der Waals surface area (Å²) in [6.07, 6.45) is 13.6. The molecular formula is C31H42FNO2. The molecule has 0 atom stereocenters. The molecular weight excluding hydrogens is 437 g/mol. The maximum atomic E-state index is 14.7. The summed E-state index contributed by atoms with van der Waals surface area (Å²) in [4.78, 5) is 13.1. The zero-order valence-electron chi connectivity index (χ0n) is 21.6. The fraction of sp³-hybridized carbons (Fsp3) is 0.516. The van der Waals surface area contributed by atoms with Crippen molar-refractivity contribution >= 4 is 5.91 Å². The minimum atomic E-state index is -0.341. The summed E-state index contributed by atoms with van der Waals surface area (Å²) in [5.41, 5.74) is 3.31. The van der Waals surface area contributed by atoms with Crippen LogP contribution >= 0.6 is 0 Å². The van der Waals surface area contributed by atoms with Crippen LogP contribution < -0.4 is 4.74 Å². The minimum absolute atomic E-state index is 0.0919. The molecule has 0 saturated heterocycles. The van der Waals surface area contributed by atoms with Gasteiger partial charge in [0.1, 0.15) is 0 Å². The second-order valence-electron chi connectivity index (χ2n) is 10.0. The molecule has 0 spiro atoms. The Morgan fingerprint density at radius 1 is 1.03 bits per heavy atom. The van der Waals surface area contributed by atoms with E-state index in [0.29, 0.717) is 19.1 Å². The summed E-state index contributed by atoms with van der Waals surface area (Å²) in [6, 6.07) is 13.9. The molecule has 0 heterocycles. The number of unbranched alkanes of at least 4 members (excludes halogenated alkanes) is 3. The molecule has 1 fully saturated rings. The number of likely N-dealkylation sites (N-methyl/N-ethyl adjacent to an activating group) is 1. The minimum Gasteiger partial charge on any atom is -0.491 e. The van der Waals surface area contributed by atoms with Crippen LogP contribution in [0.5, 0.6) is 5.75 Å². The van der Waals surface area contributed by atoms with Crippen molar-refractivity contribution in [1.82, 2.24) is 4.90 Å². The van der Waals surface area contributed by atoms with Crippen molar-refractivity contribution in [3.63, 3.8) is 0 Å². The van der Waals surface area contributed by atoms with Gasteiger partial charge in [0.25, 0.3) is 0 Å². The molecule has 1 aliphatic rings. The van der Waals surface area contributed by atoms with Crippen molar-refractivity contribution in [1.29, 1.82) is 0 Å². The molecule has 190 valence electrons. The lowest BCUT2D eigenvalue weighted by Gasteiger charge is -2.29. The van der Waals surface area contributed by atoms with Crippen molar-refractivity contribution in [2.75, 3.05) is 20.2 Å². The Morgan fingerprint density at radius 2 is 1.74 bits per heavy atom. The van der Waals surface area contributed by atoms with Gasteiger partial charge >= 0.3 is 0 Å². The molecule has 1 saturated carbocycles. The predicted octanol–water partition coefficient (Wildman–Crippen LogP) is 8.15. The molecule has 2 aromatic carbocycles. The molecule has 4 heteroatoms. The predicted molar refractivity (Wildman–Crippen MR) is 143 cm³/mol. The normalized spacial score (nSPS) is 17.7. The van der Waals surface area contributed by atoms with Gasteiger partial charge in [-0.25, -0.2) is 4.39 Å². The molecule has 2 aromatic rings. The van der Waals surface area contributed by atoms with Crippen molar-refractivity contribution in [2.24, 2.45) is 5.92 Å². The van der Waals surface area contributed by atoms with Crippen LogP contribution in [0.25, 0.3) is 11.1 Å². The van der Waals surface area contributed by atoms with E-state index in [4.69, 9.17) is 4.74 Å². The Bertz CT molecular complexity index is 931. The maximum Gasteiger partial charge on any atom is 0.245 e. The first-order chi connectivity index (χ1) is 17.0. The quantitative estimate of drug-likeness (QED) is 0.214. The van der Waals surface area contributed by atoms with Gasteiger partial charge in [-0.1, -0.05) is 69.5 Å². The van der Waals surface area contributed by atoms with E-state index in [-0.39, 0.29) is 17.5 Å². The number of rotatable bonds is 13. The fourth-order valence-electron chi connectivity index (χ4n) is 5.11. The highest BCUT2D eigenvalue weighted by atomic mass is 19.1. The number of carbonyl (C=O) groups excluding carboxylic acids is 1. The molecule has 0 unspecified atom stereocenters. The highest BCUT2D eigenvalue weighted by Crippen LogP contribution is 2.38. The summed E-state index contributed by atoms with van der Waals surface area (Å²) in [5.74, 6) is 1.42. The van der Waals surface area contributed by atoms with Gasteiger partial charge in [0.05, 0.1) is 6.61 Å². The van der Waals surface area contributed by atoms with Crippen LogP contribution in [0.2, 0.25) is 0 Å². The van der Waals surface area contributed by atoms with E-state index in [2.05, 4.69) is 37.8 Å². The Balaban J connectivity index is 1.46. The number of benzene rings is 2. The van der Waals surface area contributed by atoms with E-state index in [9.17, 15) is 9.18 Å². The molecule has 0 aromatic heterocycles. The van der Waals surface area contributed by atoms with Gasteiger partial charge in [0, 0.05) is 13.6 Å². The standard InChI is InChI=1S/C31H42FNO2/c1-4-6-7-10-24-11-13-25(14-12-24)26-15-17-27(18-16-26)28-19-20-30(29(32)23-28)35-22-9-8-21-33(3)31(34)5-2/h5,15-20,23-25H,2,4,6-14,21-22H2,1,3H3. The lowest BCUT2D eigenvalue weighted by Crippen LogP contribution is -2.25. The highest BCUT2D eigenvalue weighted by Gasteiger charge is 2.22.